The smallest absolute Gasteiger partial charge is 0.239 e. The molecule has 148 valence electrons. The number of amides is 1. The Balaban J connectivity index is 2.86. The van der Waals surface area contributed by atoms with Gasteiger partial charge in [0, 0.05) is 19.7 Å². The molecule has 8 nitrogen and oxygen atoms in total. The number of carbonyl (C=O) groups is 1. The number of β-amino-alcohol motifs (C(OH)–C–C–N with tert-alkyl or cyclic N) is 1. The summed E-state index contributed by atoms with van der Waals surface area (Å²) in [6.45, 7) is 2.07. The molecule has 1 amide bonds. The normalized spacial score (nSPS) is 29.4. The highest BCUT2D eigenvalue weighted by Gasteiger charge is 2.35. The van der Waals surface area contributed by atoms with E-state index < -0.39 is 37.1 Å². The fraction of sp³-hybridized carbons (Fsp3) is 0.941. The molecule has 1 fully saturated rings. The Hall–Kier alpha value is -0.770. The van der Waals surface area contributed by atoms with Crippen LogP contribution in [0.15, 0.2) is 0 Å². The number of aliphatic hydroxyl groups excluding tert-OH is 4. The molecule has 1 aliphatic heterocycles. The summed E-state index contributed by atoms with van der Waals surface area (Å²) in [7, 11) is 0. The molecule has 8 heteroatoms. The molecule has 0 aromatic carbocycles. The lowest BCUT2D eigenvalue weighted by Crippen LogP contribution is -2.54. The zero-order valence-electron chi connectivity index (χ0n) is 15.1. The number of nitrogens with zero attached hydrogens (tertiary/aromatic N) is 1. The van der Waals surface area contributed by atoms with E-state index in [1.165, 1.54) is 4.90 Å². The third kappa shape index (κ3) is 7.16. The number of carbonyl (C=O) groups excluding carboxylic acids is 1. The summed E-state index contributed by atoms with van der Waals surface area (Å²) in [5, 5.41) is 39.7. The molecule has 0 spiro atoms. The molecule has 0 unspecified atom stereocenters. The molecule has 0 saturated carbocycles. The number of rotatable bonds is 5. The number of ether oxygens (including phenoxy) is 1. The van der Waals surface area contributed by atoms with E-state index in [0.29, 0.717) is 19.6 Å². The first kappa shape index (κ1) is 22.3. The Morgan fingerprint density at radius 1 is 1.28 bits per heavy atom. The number of hydrogen-bond donors (Lipinski definition) is 5. The van der Waals surface area contributed by atoms with Crippen molar-refractivity contribution in [3.8, 4) is 0 Å². The molecule has 0 bridgehead atoms. The van der Waals surface area contributed by atoms with E-state index in [4.69, 9.17) is 15.6 Å². The van der Waals surface area contributed by atoms with Crippen molar-refractivity contribution in [1.82, 2.24) is 4.90 Å². The maximum absolute atomic E-state index is 12.5. The van der Waals surface area contributed by atoms with Gasteiger partial charge in [0.15, 0.2) is 0 Å². The van der Waals surface area contributed by atoms with Crippen molar-refractivity contribution < 1.29 is 30.0 Å². The van der Waals surface area contributed by atoms with Crippen LogP contribution in [0.2, 0.25) is 0 Å². The van der Waals surface area contributed by atoms with Crippen molar-refractivity contribution in [2.24, 2.45) is 5.73 Å². The second-order valence-electron chi connectivity index (χ2n) is 6.74. The van der Waals surface area contributed by atoms with Crippen molar-refractivity contribution in [2.45, 2.75) is 75.9 Å². The molecule has 1 heterocycles. The van der Waals surface area contributed by atoms with Gasteiger partial charge >= 0.3 is 0 Å². The highest BCUT2D eigenvalue weighted by atomic mass is 16.5. The lowest BCUT2D eigenvalue weighted by atomic mass is 10.0. The van der Waals surface area contributed by atoms with Crippen molar-refractivity contribution in [3.63, 3.8) is 0 Å². The maximum Gasteiger partial charge on any atom is 0.239 e. The minimum absolute atomic E-state index is 0.0879. The topological polar surface area (TPSA) is 136 Å². The van der Waals surface area contributed by atoms with Crippen LogP contribution < -0.4 is 5.73 Å². The molecule has 1 rings (SSSR count). The average Bonchev–Trinajstić information content (AvgIpc) is 2.60. The lowest BCUT2D eigenvalue weighted by Gasteiger charge is -2.34. The monoisotopic (exact) mass is 362 g/mol. The van der Waals surface area contributed by atoms with Crippen LogP contribution in [0.3, 0.4) is 0 Å². The minimum Gasteiger partial charge on any atom is -0.394 e. The fourth-order valence-electron chi connectivity index (χ4n) is 3.03. The molecular weight excluding hydrogens is 328 g/mol. The van der Waals surface area contributed by atoms with Crippen LogP contribution in [0.25, 0.3) is 0 Å². The summed E-state index contributed by atoms with van der Waals surface area (Å²) in [4.78, 5) is 14.0. The maximum atomic E-state index is 12.5. The van der Waals surface area contributed by atoms with Crippen LogP contribution in [0, 0.1) is 0 Å². The summed E-state index contributed by atoms with van der Waals surface area (Å²) < 4.78 is 5.48. The third-order valence-electron chi connectivity index (χ3n) is 4.57. The van der Waals surface area contributed by atoms with Gasteiger partial charge in [0.1, 0.15) is 24.4 Å². The molecule has 0 aromatic rings. The Bertz CT molecular complexity index is 384. The van der Waals surface area contributed by atoms with Crippen LogP contribution in [-0.2, 0) is 9.53 Å². The summed E-state index contributed by atoms with van der Waals surface area (Å²) in [5.41, 5.74) is 5.92. The molecule has 1 saturated heterocycles. The molecule has 6 N–H and O–H groups in total. The van der Waals surface area contributed by atoms with E-state index in [9.17, 15) is 20.1 Å². The first-order chi connectivity index (χ1) is 11.9. The van der Waals surface area contributed by atoms with Crippen molar-refractivity contribution in [3.05, 3.63) is 0 Å². The SMILES string of the molecule is CCC[C@H](N)C(=O)N1CCCCCCO[C@H]([C@H](O)CO)[C@H](O)[C@@H](O)C1. The van der Waals surface area contributed by atoms with Crippen molar-refractivity contribution in [2.75, 3.05) is 26.3 Å². The van der Waals surface area contributed by atoms with Gasteiger partial charge in [-0.25, -0.2) is 0 Å². The molecule has 5 atom stereocenters. The van der Waals surface area contributed by atoms with Gasteiger partial charge < -0.3 is 35.8 Å². The third-order valence-corrected chi connectivity index (χ3v) is 4.57. The van der Waals surface area contributed by atoms with E-state index in [-0.39, 0.29) is 12.5 Å². The first-order valence-corrected chi connectivity index (χ1v) is 9.23. The number of aliphatic hydroxyl groups is 4. The largest absolute Gasteiger partial charge is 0.394 e. The molecule has 1 aliphatic rings. The first-order valence-electron chi connectivity index (χ1n) is 9.23. The second-order valence-corrected chi connectivity index (χ2v) is 6.74. The summed E-state index contributed by atoms with van der Waals surface area (Å²) in [5.74, 6) is -0.245. The van der Waals surface area contributed by atoms with E-state index in [2.05, 4.69) is 0 Å². The van der Waals surface area contributed by atoms with Gasteiger partial charge in [-0.1, -0.05) is 26.2 Å². The van der Waals surface area contributed by atoms with E-state index in [0.717, 1.165) is 32.1 Å². The number of nitrogens with two attached hydrogens (primary N) is 1. The van der Waals surface area contributed by atoms with E-state index in [1.807, 2.05) is 6.92 Å². The van der Waals surface area contributed by atoms with E-state index in [1.54, 1.807) is 0 Å². The van der Waals surface area contributed by atoms with Crippen LogP contribution in [0.4, 0.5) is 0 Å². The Morgan fingerprint density at radius 3 is 2.60 bits per heavy atom. The Labute approximate surface area is 149 Å². The fourth-order valence-corrected chi connectivity index (χ4v) is 3.03. The predicted molar refractivity (Wildman–Crippen MR) is 92.8 cm³/mol. The highest BCUT2D eigenvalue weighted by molar-refractivity contribution is 5.81. The number of hydrogen-bond acceptors (Lipinski definition) is 7. The van der Waals surface area contributed by atoms with Gasteiger partial charge in [-0.15, -0.1) is 0 Å². The van der Waals surface area contributed by atoms with Gasteiger partial charge in [0.05, 0.1) is 12.6 Å². The van der Waals surface area contributed by atoms with Crippen LogP contribution in [0.1, 0.15) is 45.4 Å². The minimum atomic E-state index is -1.42. The molecule has 25 heavy (non-hydrogen) atoms. The lowest BCUT2D eigenvalue weighted by molar-refractivity contribution is -0.152. The standard InChI is InChI=1S/C17H34N2O6/c1-2-7-12(18)17(24)19-8-5-3-4-6-9-25-16(14(22)11-20)15(23)13(21)10-19/h12-16,20-23H,2-11,18H2,1H3/t12-,13-,14+,15+,16+/m0/s1. The van der Waals surface area contributed by atoms with Crippen molar-refractivity contribution >= 4 is 5.91 Å². The van der Waals surface area contributed by atoms with Gasteiger partial charge in [-0.2, -0.15) is 0 Å². The van der Waals surface area contributed by atoms with Gasteiger partial charge in [0.25, 0.3) is 0 Å². The van der Waals surface area contributed by atoms with Crippen LogP contribution in [0.5, 0.6) is 0 Å². The van der Waals surface area contributed by atoms with Gasteiger partial charge in [0.2, 0.25) is 5.91 Å². The second kappa shape index (κ2) is 11.8. The Kier molecular flexibility index (Phi) is 10.5. The quantitative estimate of drug-likeness (QED) is 0.422. The summed E-state index contributed by atoms with van der Waals surface area (Å²) in [6, 6.07) is -0.627. The Morgan fingerprint density at radius 2 is 1.96 bits per heavy atom. The molecule has 0 radical (unpaired) electrons. The van der Waals surface area contributed by atoms with Crippen LogP contribution >= 0.6 is 0 Å². The highest BCUT2D eigenvalue weighted by Crippen LogP contribution is 2.15. The zero-order chi connectivity index (χ0) is 18.8. The zero-order valence-corrected chi connectivity index (χ0v) is 15.1. The predicted octanol–water partition coefficient (Wildman–Crippen LogP) is -1.02. The average molecular weight is 362 g/mol. The van der Waals surface area contributed by atoms with Gasteiger partial charge in [-0.3, -0.25) is 4.79 Å². The molecule has 0 aromatic heterocycles. The summed E-state index contributed by atoms with van der Waals surface area (Å²) in [6.07, 6.45) is -0.474. The molecule has 0 aliphatic carbocycles. The summed E-state index contributed by atoms with van der Waals surface area (Å²) >= 11 is 0. The van der Waals surface area contributed by atoms with E-state index >= 15 is 0 Å². The molecular formula is C17H34N2O6. The van der Waals surface area contributed by atoms with Gasteiger partial charge in [-0.05, 0) is 19.3 Å². The van der Waals surface area contributed by atoms with Crippen molar-refractivity contribution in [1.29, 1.82) is 0 Å². The van der Waals surface area contributed by atoms with Crippen LogP contribution in [-0.4, -0.2) is 88.0 Å².